The molecule has 0 saturated carbocycles. The van der Waals surface area contributed by atoms with Crippen LogP contribution in [-0.4, -0.2) is 30.5 Å². The molecule has 0 aliphatic carbocycles. The number of benzene rings is 1. The summed E-state index contributed by atoms with van der Waals surface area (Å²) in [5.74, 6) is 1.24. The van der Waals surface area contributed by atoms with Crippen molar-refractivity contribution in [1.29, 1.82) is 0 Å². The van der Waals surface area contributed by atoms with Crippen LogP contribution in [-0.2, 0) is 0 Å². The van der Waals surface area contributed by atoms with E-state index in [1.165, 1.54) is 0 Å². The third kappa shape index (κ3) is 1.90. The molecule has 7 nitrogen and oxygen atoms in total. The van der Waals surface area contributed by atoms with Gasteiger partial charge in [0.1, 0.15) is 0 Å². The minimum absolute atomic E-state index is 0.581. The van der Waals surface area contributed by atoms with E-state index in [-0.39, 0.29) is 0 Å². The summed E-state index contributed by atoms with van der Waals surface area (Å²) in [6.45, 7) is 1.90. The molecule has 2 aromatic heterocycles. The number of rotatable bonds is 1. The van der Waals surface area contributed by atoms with Crippen molar-refractivity contribution in [3.8, 4) is 11.4 Å². The quantitative estimate of drug-likeness (QED) is 0.719. The fourth-order valence-corrected chi connectivity index (χ4v) is 2.30. The van der Waals surface area contributed by atoms with Crippen LogP contribution in [0.25, 0.3) is 17.2 Å². The first-order valence-electron chi connectivity index (χ1n) is 6.30. The van der Waals surface area contributed by atoms with Crippen LogP contribution in [0.2, 0.25) is 5.02 Å². The van der Waals surface area contributed by atoms with Crippen LogP contribution in [0.15, 0.2) is 40.7 Å². The lowest BCUT2D eigenvalue weighted by atomic mass is 10.2. The van der Waals surface area contributed by atoms with Gasteiger partial charge in [0, 0.05) is 16.8 Å². The standard InChI is InChI=1S/C13H10ClN7/c1-7-10-6-15-13-19-18-12(8-2-4-9(14)5-3-8)21(13)20-11(10)17-16-7/h2-6H,1H3,(H,15,19)(H,17,20). The molecule has 0 spiro atoms. The second-order valence-electron chi connectivity index (χ2n) is 4.64. The molecule has 0 unspecified atom stereocenters. The summed E-state index contributed by atoms with van der Waals surface area (Å²) in [5, 5.41) is 20.4. The molecule has 8 heteroatoms. The van der Waals surface area contributed by atoms with Gasteiger partial charge in [0.15, 0.2) is 11.3 Å². The molecule has 1 aliphatic heterocycles. The normalized spacial score (nSPS) is 13.0. The summed E-state index contributed by atoms with van der Waals surface area (Å²) in [6, 6.07) is 7.40. The van der Waals surface area contributed by atoms with Gasteiger partial charge < -0.3 is 4.98 Å². The second-order valence-corrected chi connectivity index (χ2v) is 5.07. The largest absolute Gasteiger partial charge is 0.329 e. The maximum absolute atomic E-state index is 5.92. The van der Waals surface area contributed by atoms with Gasteiger partial charge in [-0.25, -0.2) is 0 Å². The van der Waals surface area contributed by atoms with Crippen molar-refractivity contribution in [2.75, 3.05) is 0 Å². The zero-order valence-corrected chi connectivity index (χ0v) is 11.8. The fourth-order valence-electron chi connectivity index (χ4n) is 2.17. The van der Waals surface area contributed by atoms with Gasteiger partial charge in [0.05, 0.1) is 11.3 Å². The number of aromatic nitrogens is 5. The van der Waals surface area contributed by atoms with E-state index in [0.717, 1.165) is 16.8 Å². The van der Waals surface area contributed by atoms with Crippen molar-refractivity contribution in [2.24, 2.45) is 10.2 Å². The molecule has 0 saturated heterocycles. The van der Waals surface area contributed by atoms with Gasteiger partial charge >= 0.3 is 0 Å². The first-order chi connectivity index (χ1) is 10.2. The lowest BCUT2D eigenvalue weighted by Gasteiger charge is -1.98. The predicted octanol–water partition coefficient (Wildman–Crippen LogP) is 1.91. The monoisotopic (exact) mass is 299 g/mol. The first kappa shape index (κ1) is 12.1. The van der Waals surface area contributed by atoms with Gasteiger partial charge in [-0.3, -0.25) is 5.10 Å². The van der Waals surface area contributed by atoms with E-state index in [1.54, 1.807) is 4.52 Å². The van der Waals surface area contributed by atoms with Gasteiger partial charge in [-0.2, -0.15) is 9.62 Å². The summed E-state index contributed by atoms with van der Waals surface area (Å²) in [4.78, 5) is 3.11. The highest BCUT2D eigenvalue weighted by Gasteiger charge is 2.11. The van der Waals surface area contributed by atoms with Crippen LogP contribution < -0.4 is 5.49 Å². The number of aromatic amines is 2. The Bertz CT molecular complexity index is 956. The average molecular weight is 300 g/mol. The zero-order chi connectivity index (χ0) is 14.4. The Morgan fingerprint density at radius 1 is 1.10 bits per heavy atom. The topological polar surface area (TPSA) is 86.5 Å². The number of nitrogens with one attached hydrogen (secondary N) is 2. The lowest BCUT2D eigenvalue weighted by Crippen LogP contribution is -2.13. The zero-order valence-electron chi connectivity index (χ0n) is 11.0. The minimum atomic E-state index is 0.581. The molecule has 2 N–H and O–H groups in total. The highest BCUT2D eigenvalue weighted by molar-refractivity contribution is 6.30. The predicted molar refractivity (Wildman–Crippen MR) is 78.7 cm³/mol. The molecule has 104 valence electrons. The van der Waals surface area contributed by atoms with Gasteiger partial charge in [-0.15, -0.1) is 15.3 Å². The molecular formula is C13H10ClN7. The van der Waals surface area contributed by atoms with Crippen molar-refractivity contribution in [3.63, 3.8) is 0 Å². The van der Waals surface area contributed by atoms with Gasteiger partial charge in [-0.05, 0) is 31.2 Å². The Labute approximate surface area is 123 Å². The van der Waals surface area contributed by atoms with Gasteiger partial charge in [0.25, 0.3) is 0 Å². The molecule has 0 fully saturated rings. The molecule has 0 bridgehead atoms. The SMILES string of the molecule is CC1=NN=c2[nH]n3c(-c4ccc(Cl)cc4)nnc3[nH]cc21. The van der Waals surface area contributed by atoms with Crippen molar-refractivity contribution >= 4 is 23.1 Å². The van der Waals surface area contributed by atoms with Crippen LogP contribution in [0.3, 0.4) is 0 Å². The summed E-state index contributed by atoms with van der Waals surface area (Å²) >= 11 is 5.92. The summed E-state index contributed by atoms with van der Waals surface area (Å²) in [5.41, 5.74) is 3.31. The van der Waals surface area contributed by atoms with E-state index in [0.29, 0.717) is 22.1 Å². The smallest absolute Gasteiger partial charge is 0.248 e. The number of nitrogens with zero attached hydrogens (tertiary/aromatic N) is 5. The molecule has 3 heterocycles. The van der Waals surface area contributed by atoms with E-state index in [9.17, 15) is 0 Å². The molecule has 21 heavy (non-hydrogen) atoms. The van der Waals surface area contributed by atoms with Gasteiger partial charge in [-0.1, -0.05) is 11.6 Å². The summed E-state index contributed by atoms with van der Waals surface area (Å²) < 4.78 is 1.74. The molecule has 0 radical (unpaired) electrons. The van der Waals surface area contributed by atoms with E-state index in [1.807, 2.05) is 37.4 Å². The third-order valence-corrected chi connectivity index (χ3v) is 3.53. The Balaban J connectivity index is 2.01. The van der Waals surface area contributed by atoms with Crippen molar-refractivity contribution in [1.82, 2.24) is 24.8 Å². The van der Waals surface area contributed by atoms with E-state index in [2.05, 4.69) is 30.5 Å². The maximum atomic E-state index is 5.92. The lowest BCUT2D eigenvalue weighted by molar-refractivity contribution is 0.882. The van der Waals surface area contributed by atoms with Gasteiger partial charge in [0.2, 0.25) is 5.78 Å². The Morgan fingerprint density at radius 2 is 1.90 bits per heavy atom. The van der Waals surface area contributed by atoms with Crippen LogP contribution in [0.4, 0.5) is 0 Å². The number of halogens is 1. The molecule has 1 aromatic carbocycles. The molecule has 4 rings (SSSR count). The molecule has 0 atom stereocenters. The van der Waals surface area contributed by atoms with Crippen LogP contribution in [0, 0.1) is 0 Å². The third-order valence-electron chi connectivity index (χ3n) is 3.27. The number of hydrogen-bond acceptors (Lipinski definition) is 4. The molecule has 1 aliphatic rings. The maximum Gasteiger partial charge on any atom is 0.248 e. The van der Waals surface area contributed by atoms with E-state index < -0.39 is 0 Å². The number of H-pyrrole nitrogens is 2. The van der Waals surface area contributed by atoms with E-state index >= 15 is 0 Å². The molecular weight excluding hydrogens is 290 g/mol. The molecule has 3 aromatic rings. The van der Waals surface area contributed by atoms with Crippen LogP contribution in [0.5, 0.6) is 0 Å². The average Bonchev–Trinajstić information content (AvgIpc) is 2.98. The Kier molecular flexibility index (Phi) is 2.55. The van der Waals surface area contributed by atoms with E-state index in [4.69, 9.17) is 11.6 Å². The highest BCUT2D eigenvalue weighted by Crippen LogP contribution is 2.19. The Morgan fingerprint density at radius 3 is 2.71 bits per heavy atom. The minimum Gasteiger partial charge on any atom is -0.329 e. The Hall–Kier alpha value is -2.67. The van der Waals surface area contributed by atoms with Crippen molar-refractivity contribution in [3.05, 3.63) is 46.5 Å². The first-order valence-corrected chi connectivity index (χ1v) is 6.68. The number of hydrogen-bond donors (Lipinski definition) is 2. The van der Waals surface area contributed by atoms with Crippen LogP contribution >= 0.6 is 11.6 Å². The second kappa shape index (κ2) is 4.42. The van der Waals surface area contributed by atoms with Crippen LogP contribution in [0.1, 0.15) is 12.5 Å². The van der Waals surface area contributed by atoms with Crippen molar-refractivity contribution in [2.45, 2.75) is 6.92 Å². The highest BCUT2D eigenvalue weighted by atomic mass is 35.5. The number of fused-ring (bicyclic) bond motifs is 2. The fraction of sp³-hybridized carbons (Fsp3) is 0.0769. The summed E-state index contributed by atoms with van der Waals surface area (Å²) in [7, 11) is 0. The summed E-state index contributed by atoms with van der Waals surface area (Å²) in [6.07, 6.45) is 1.82. The van der Waals surface area contributed by atoms with Crippen molar-refractivity contribution < 1.29 is 0 Å². The molecule has 0 amide bonds.